The number of carbonyl (C=O) groups is 2. The number of piperidine rings is 1. The molecule has 2 saturated heterocycles. The van der Waals surface area contributed by atoms with Crippen molar-refractivity contribution in [1.29, 1.82) is 0 Å². The molecule has 0 bridgehead atoms. The number of aliphatic hydroxyl groups is 1. The lowest BCUT2D eigenvalue weighted by molar-refractivity contribution is -0.141. The Morgan fingerprint density at radius 2 is 2.16 bits per heavy atom. The maximum atomic E-state index is 12.5. The zero-order valence-electron chi connectivity index (χ0n) is 11.5. The first-order chi connectivity index (χ1) is 8.96. The van der Waals surface area contributed by atoms with Gasteiger partial charge in [-0.3, -0.25) is 9.59 Å². The number of likely N-dealkylation sites (tertiary alicyclic amines) is 2. The van der Waals surface area contributed by atoms with Crippen LogP contribution in [0.15, 0.2) is 0 Å². The fourth-order valence-corrected chi connectivity index (χ4v) is 3.30. The lowest BCUT2D eigenvalue weighted by atomic mass is 9.94. The Bertz CT molecular complexity index is 403. The summed E-state index contributed by atoms with van der Waals surface area (Å²) >= 11 is 0. The summed E-state index contributed by atoms with van der Waals surface area (Å²) in [6, 6.07) is 0.398. The van der Waals surface area contributed by atoms with Crippen LogP contribution in [-0.2, 0) is 9.59 Å². The molecule has 3 fully saturated rings. The van der Waals surface area contributed by atoms with Crippen LogP contribution in [0, 0.1) is 5.92 Å². The summed E-state index contributed by atoms with van der Waals surface area (Å²) in [7, 11) is 0. The second kappa shape index (κ2) is 4.47. The maximum absolute atomic E-state index is 12.5. The Labute approximate surface area is 113 Å². The van der Waals surface area contributed by atoms with Gasteiger partial charge in [-0.05, 0) is 32.6 Å². The minimum Gasteiger partial charge on any atom is -0.388 e. The van der Waals surface area contributed by atoms with Crippen LogP contribution in [0.4, 0.5) is 0 Å². The first kappa shape index (κ1) is 12.9. The first-order valence-corrected chi connectivity index (χ1v) is 7.27. The molecule has 5 nitrogen and oxygen atoms in total. The van der Waals surface area contributed by atoms with E-state index in [9.17, 15) is 14.7 Å². The highest BCUT2D eigenvalue weighted by Gasteiger charge is 2.43. The monoisotopic (exact) mass is 266 g/mol. The molecule has 0 aromatic rings. The van der Waals surface area contributed by atoms with Gasteiger partial charge in [-0.25, -0.2) is 0 Å². The number of β-amino-alcohol motifs (C(OH)–C–C–N with tert-alkyl or cyclic N) is 1. The van der Waals surface area contributed by atoms with Crippen molar-refractivity contribution in [3.05, 3.63) is 0 Å². The van der Waals surface area contributed by atoms with Crippen LogP contribution in [0.3, 0.4) is 0 Å². The lowest BCUT2D eigenvalue weighted by Gasteiger charge is -2.37. The van der Waals surface area contributed by atoms with E-state index in [1.54, 1.807) is 11.8 Å². The number of carbonyl (C=O) groups excluding carboxylic acids is 2. The van der Waals surface area contributed by atoms with E-state index in [1.807, 2.05) is 4.90 Å². The topological polar surface area (TPSA) is 60.9 Å². The number of nitrogens with zero attached hydrogens (tertiary/aromatic N) is 2. The third-order valence-electron chi connectivity index (χ3n) is 4.48. The zero-order chi connectivity index (χ0) is 13.6. The van der Waals surface area contributed by atoms with Gasteiger partial charge in [-0.15, -0.1) is 0 Å². The molecule has 0 radical (unpaired) electrons. The molecule has 5 heteroatoms. The van der Waals surface area contributed by atoms with Crippen molar-refractivity contribution < 1.29 is 14.7 Å². The predicted octanol–water partition coefficient (Wildman–Crippen LogP) is 0.371. The van der Waals surface area contributed by atoms with Gasteiger partial charge in [0.05, 0.1) is 11.5 Å². The van der Waals surface area contributed by atoms with Crippen molar-refractivity contribution in [3.8, 4) is 0 Å². The van der Waals surface area contributed by atoms with E-state index in [1.165, 1.54) is 0 Å². The summed E-state index contributed by atoms with van der Waals surface area (Å²) in [4.78, 5) is 28.0. The molecule has 3 aliphatic rings. The molecule has 2 aliphatic heterocycles. The van der Waals surface area contributed by atoms with Crippen molar-refractivity contribution >= 4 is 11.8 Å². The Balaban J connectivity index is 1.63. The highest BCUT2D eigenvalue weighted by molar-refractivity contribution is 5.89. The Hall–Kier alpha value is -1.10. The summed E-state index contributed by atoms with van der Waals surface area (Å²) in [5.74, 6) is -0.0110. The third kappa shape index (κ3) is 2.61. The third-order valence-corrected chi connectivity index (χ3v) is 4.48. The van der Waals surface area contributed by atoms with E-state index in [0.29, 0.717) is 32.1 Å². The van der Waals surface area contributed by atoms with Crippen molar-refractivity contribution in [2.75, 3.05) is 19.6 Å². The molecule has 0 aromatic heterocycles. The van der Waals surface area contributed by atoms with Gasteiger partial charge in [-0.1, -0.05) is 0 Å². The van der Waals surface area contributed by atoms with E-state index in [2.05, 4.69) is 0 Å². The Morgan fingerprint density at radius 3 is 2.79 bits per heavy atom. The van der Waals surface area contributed by atoms with Crippen molar-refractivity contribution in [2.24, 2.45) is 5.92 Å². The standard InChI is InChI=1S/C14H22N2O3/c1-14(19)5-2-6-15(9-14)13(18)10-7-12(17)16(8-10)11-3-4-11/h10-11,19H,2-9H2,1H3. The molecule has 106 valence electrons. The van der Waals surface area contributed by atoms with E-state index in [4.69, 9.17) is 0 Å². The van der Waals surface area contributed by atoms with Gasteiger partial charge >= 0.3 is 0 Å². The molecule has 0 aromatic carbocycles. The largest absolute Gasteiger partial charge is 0.388 e. The van der Waals surface area contributed by atoms with Crippen molar-refractivity contribution in [1.82, 2.24) is 9.80 Å². The summed E-state index contributed by atoms with van der Waals surface area (Å²) in [5, 5.41) is 10.1. The Kier molecular flexibility index (Phi) is 3.04. The molecule has 2 heterocycles. The van der Waals surface area contributed by atoms with E-state index < -0.39 is 5.60 Å². The quantitative estimate of drug-likeness (QED) is 0.785. The van der Waals surface area contributed by atoms with E-state index in [0.717, 1.165) is 25.7 Å². The Morgan fingerprint density at radius 1 is 1.42 bits per heavy atom. The van der Waals surface area contributed by atoms with Gasteiger partial charge in [0.15, 0.2) is 0 Å². The SMILES string of the molecule is CC1(O)CCCN(C(=O)C2CC(=O)N(C3CC3)C2)C1. The zero-order valence-corrected chi connectivity index (χ0v) is 11.5. The van der Waals surface area contributed by atoms with Gasteiger partial charge in [0.25, 0.3) is 0 Å². The van der Waals surface area contributed by atoms with Crippen LogP contribution < -0.4 is 0 Å². The van der Waals surface area contributed by atoms with Gasteiger partial charge in [0, 0.05) is 32.1 Å². The molecule has 2 atom stereocenters. The van der Waals surface area contributed by atoms with Gasteiger partial charge in [0.2, 0.25) is 11.8 Å². The average Bonchev–Trinajstić information content (AvgIpc) is 3.10. The molecule has 0 spiro atoms. The number of rotatable bonds is 2. The predicted molar refractivity (Wildman–Crippen MR) is 69.3 cm³/mol. The van der Waals surface area contributed by atoms with E-state index >= 15 is 0 Å². The van der Waals surface area contributed by atoms with Gasteiger partial charge in [0.1, 0.15) is 0 Å². The van der Waals surface area contributed by atoms with Gasteiger partial charge in [-0.2, -0.15) is 0 Å². The normalized spacial score (nSPS) is 35.9. The average molecular weight is 266 g/mol. The second-order valence-electron chi connectivity index (χ2n) is 6.54. The minimum atomic E-state index is -0.771. The molecule has 3 rings (SSSR count). The fourth-order valence-electron chi connectivity index (χ4n) is 3.30. The maximum Gasteiger partial charge on any atom is 0.228 e. The summed E-state index contributed by atoms with van der Waals surface area (Å²) in [6.07, 6.45) is 4.12. The summed E-state index contributed by atoms with van der Waals surface area (Å²) in [5.41, 5.74) is -0.771. The molecular weight excluding hydrogens is 244 g/mol. The van der Waals surface area contributed by atoms with Crippen LogP contribution >= 0.6 is 0 Å². The molecule has 2 amide bonds. The smallest absolute Gasteiger partial charge is 0.228 e. The minimum absolute atomic E-state index is 0.0523. The number of hydrogen-bond acceptors (Lipinski definition) is 3. The molecule has 2 unspecified atom stereocenters. The van der Waals surface area contributed by atoms with Crippen LogP contribution in [0.5, 0.6) is 0 Å². The highest BCUT2D eigenvalue weighted by atomic mass is 16.3. The molecule has 1 aliphatic carbocycles. The fraction of sp³-hybridized carbons (Fsp3) is 0.857. The van der Waals surface area contributed by atoms with Crippen LogP contribution in [-0.4, -0.2) is 58.0 Å². The summed E-state index contributed by atoms with van der Waals surface area (Å²) in [6.45, 7) is 3.48. The second-order valence-corrected chi connectivity index (χ2v) is 6.54. The summed E-state index contributed by atoms with van der Waals surface area (Å²) < 4.78 is 0. The van der Waals surface area contributed by atoms with Gasteiger partial charge < -0.3 is 14.9 Å². The first-order valence-electron chi connectivity index (χ1n) is 7.27. The van der Waals surface area contributed by atoms with Crippen LogP contribution in [0.2, 0.25) is 0 Å². The van der Waals surface area contributed by atoms with Crippen LogP contribution in [0.25, 0.3) is 0 Å². The molecule has 1 N–H and O–H groups in total. The molecule has 19 heavy (non-hydrogen) atoms. The van der Waals surface area contributed by atoms with Crippen LogP contribution in [0.1, 0.15) is 39.0 Å². The highest BCUT2D eigenvalue weighted by Crippen LogP contribution is 2.33. The van der Waals surface area contributed by atoms with Crippen molar-refractivity contribution in [3.63, 3.8) is 0 Å². The van der Waals surface area contributed by atoms with E-state index in [-0.39, 0.29) is 17.7 Å². The number of amides is 2. The van der Waals surface area contributed by atoms with Crippen molar-refractivity contribution in [2.45, 2.75) is 50.7 Å². The molecular formula is C14H22N2O3. The lowest BCUT2D eigenvalue weighted by Crippen LogP contribution is -2.50. The number of hydrogen-bond donors (Lipinski definition) is 1. The molecule has 1 saturated carbocycles.